The molecule has 0 aromatic carbocycles. The highest BCUT2D eigenvalue weighted by molar-refractivity contribution is 5.89. The largest absolute Gasteiger partial charge is 0.465 e. The third-order valence-corrected chi connectivity index (χ3v) is 4.14. The Morgan fingerprint density at radius 1 is 1.42 bits per heavy atom. The molecule has 24 heavy (non-hydrogen) atoms. The topological polar surface area (TPSA) is 123 Å². The Kier molecular flexibility index (Phi) is 4.78. The van der Waals surface area contributed by atoms with Crippen LogP contribution in [0.15, 0.2) is 18.5 Å². The van der Waals surface area contributed by atoms with Crippen LogP contribution in [-0.4, -0.2) is 56.2 Å². The van der Waals surface area contributed by atoms with Gasteiger partial charge < -0.3 is 20.3 Å². The number of nitrogens with zero attached hydrogens (tertiary/aromatic N) is 3. The molecule has 0 saturated carbocycles. The molecule has 128 valence electrons. The lowest BCUT2D eigenvalue weighted by atomic mass is 10.00. The highest BCUT2D eigenvalue weighted by atomic mass is 16.4. The minimum absolute atomic E-state index is 0.0347. The van der Waals surface area contributed by atoms with Crippen molar-refractivity contribution in [3.8, 4) is 0 Å². The van der Waals surface area contributed by atoms with Crippen LogP contribution in [0.4, 0.5) is 15.4 Å². The first-order valence-electron chi connectivity index (χ1n) is 7.98. The quantitative estimate of drug-likeness (QED) is 0.682. The van der Waals surface area contributed by atoms with E-state index in [4.69, 9.17) is 0 Å². The van der Waals surface area contributed by atoms with Gasteiger partial charge in [-0.2, -0.15) is 0 Å². The molecule has 0 radical (unpaired) electrons. The number of hydrogen-bond acceptors (Lipinski definition) is 4. The Bertz CT molecular complexity index is 731. The molecule has 3 heterocycles. The van der Waals surface area contributed by atoms with Crippen LogP contribution in [0.5, 0.6) is 0 Å². The van der Waals surface area contributed by atoms with E-state index in [1.807, 2.05) is 0 Å². The van der Waals surface area contributed by atoms with Gasteiger partial charge in [0.15, 0.2) is 11.5 Å². The van der Waals surface area contributed by atoms with Crippen LogP contribution < -0.4 is 10.6 Å². The molecule has 9 nitrogen and oxygen atoms in total. The van der Waals surface area contributed by atoms with Crippen molar-refractivity contribution in [2.24, 2.45) is 0 Å². The highest BCUT2D eigenvalue weighted by Crippen LogP contribution is 2.19. The second kappa shape index (κ2) is 7.16. The second-order valence-electron chi connectivity index (χ2n) is 5.76. The first kappa shape index (κ1) is 16.0. The van der Waals surface area contributed by atoms with Crippen molar-refractivity contribution in [2.75, 3.05) is 18.4 Å². The summed E-state index contributed by atoms with van der Waals surface area (Å²) in [5.74, 6) is 0.365. The monoisotopic (exact) mass is 332 g/mol. The molecule has 3 amide bonds. The zero-order valence-corrected chi connectivity index (χ0v) is 13.2. The van der Waals surface area contributed by atoms with E-state index in [0.717, 1.165) is 19.3 Å². The number of nitrogens with one attached hydrogen (secondary N) is 3. The van der Waals surface area contributed by atoms with Gasteiger partial charge in [0.2, 0.25) is 0 Å². The van der Waals surface area contributed by atoms with E-state index in [0.29, 0.717) is 36.5 Å². The number of fused-ring (bicyclic) bond motifs is 1. The molecule has 0 spiro atoms. The number of carbonyl (C=O) groups excluding carboxylic acids is 1. The van der Waals surface area contributed by atoms with Gasteiger partial charge in [-0.1, -0.05) is 0 Å². The van der Waals surface area contributed by atoms with Crippen LogP contribution in [0.25, 0.3) is 11.2 Å². The number of carbonyl (C=O) groups is 2. The van der Waals surface area contributed by atoms with E-state index in [2.05, 4.69) is 25.6 Å². The lowest BCUT2D eigenvalue weighted by Gasteiger charge is -2.33. The number of piperidine rings is 1. The van der Waals surface area contributed by atoms with E-state index in [-0.39, 0.29) is 12.1 Å². The molecule has 1 aliphatic rings. The first-order chi connectivity index (χ1) is 11.6. The van der Waals surface area contributed by atoms with Crippen LogP contribution in [0.3, 0.4) is 0 Å². The number of carboxylic acid groups (broad SMARTS) is 1. The Morgan fingerprint density at radius 2 is 2.29 bits per heavy atom. The van der Waals surface area contributed by atoms with E-state index < -0.39 is 6.09 Å². The summed E-state index contributed by atoms with van der Waals surface area (Å²) in [6.07, 6.45) is 5.68. The number of urea groups is 1. The molecular weight excluding hydrogens is 312 g/mol. The van der Waals surface area contributed by atoms with Crippen LogP contribution in [0, 0.1) is 0 Å². The Labute approximate surface area is 138 Å². The van der Waals surface area contributed by atoms with Crippen molar-refractivity contribution >= 4 is 29.1 Å². The van der Waals surface area contributed by atoms with Gasteiger partial charge >= 0.3 is 12.1 Å². The number of aromatic amines is 1. The van der Waals surface area contributed by atoms with E-state index >= 15 is 0 Å². The third-order valence-electron chi connectivity index (χ3n) is 4.14. The van der Waals surface area contributed by atoms with Gasteiger partial charge in [-0.25, -0.2) is 19.6 Å². The van der Waals surface area contributed by atoms with Gasteiger partial charge in [0.05, 0.1) is 6.20 Å². The number of anilines is 1. The number of likely N-dealkylation sites (tertiary alicyclic amines) is 1. The van der Waals surface area contributed by atoms with E-state index in [1.165, 1.54) is 11.1 Å². The summed E-state index contributed by atoms with van der Waals surface area (Å²) in [5.41, 5.74) is 1.33. The maximum atomic E-state index is 11.9. The lowest BCUT2D eigenvalue weighted by Crippen LogP contribution is -2.44. The number of hydrogen-bond donors (Lipinski definition) is 4. The van der Waals surface area contributed by atoms with Crippen molar-refractivity contribution in [1.29, 1.82) is 0 Å². The molecule has 3 rings (SSSR count). The summed E-state index contributed by atoms with van der Waals surface area (Å²) in [7, 11) is 0. The van der Waals surface area contributed by atoms with Gasteiger partial charge in [0.25, 0.3) is 0 Å². The first-order valence-corrected chi connectivity index (χ1v) is 7.98. The zero-order valence-electron chi connectivity index (χ0n) is 13.2. The molecular formula is C15H20N6O3. The molecule has 9 heteroatoms. The molecule has 2 aromatic heterocycles. The normalized spacial score (nSPS) is 17.7. The number of aromatic nitrogens is 3. The Hall–Kier alpha value is -2.84. The fourth-order valence-electron chi connectivity index (χ4n) is 2.96. The van der Waals surface area contributed by atoms with Crippen molar-refractivity contribution in [2.45, 2.75) is 31.7 Å². The molecule has 1 atom stereocenters. The minimum atomic E-state index is -0.890. The SMILES string of the molecule is O=C(NCCC1CCCCN1C(=O)O)Nc1cnc2[nH]ccc2n1. The molecule has 2 aromatic rings. The van der Waals surface area contributed by atoms with E-state index in [9.17, 15) is 14.7 Å². The highest BCUT2D eigenvalue weighted by Gasteiger charge is 2.25. The van der Waals surface area contributed by atoms with E-state index in [1.54, 1.807) is 12.3 Å². The minimum Gasteiger partial charge on any atom is -0.465 e. The summed E-state index contributed by atoms with van der Waals surface area (Å²) in [4.78, 5) is 35.9. The molecule has 1 saturated heterocycles. The summed E-state index contributed by atoms with van der Waals surface area (Å²) in [6, 6.07) is 1.36. The van der Waals surface area contributed by atoms with Gasteiger partial charge in [-0.3, -0.25) is 5.32 Å². The molecule has 4 N–H and O–H groups in total. The van der Waals surface area contributed by atoms with Crippen molar-refractivity contribution in [1.82, 2.24) is 25.2 Å². The molecule has 0 bridgehead atoms. The Morgan fingerprint density at radius 3 is 3.12 bits per heavy atom. The number of H-pyrrole nitrogens is 1. The maximum absolute atomic E-state index is 11.9. The van der Waals surface area contributed by atoms with Gasteiger partial charge in [-0.05, 0) is 31.7 Å². The van der Waals surface area contributed by atoms with Crippen LogP contribution in [0.1, 0.15) is 25.7 Å². The average molecular weight is 332 g/mol. The third kappa shape index (κ3) is 3.73. The predicted molar refractivity (Wildman–Crippen MR) is 87.9 cm³/mol. The summed E-state index contributed by atoms with van der Waals surface area (Å²) < 4.78 is 0. The summed E-state index contributed by atoms with van der Waals surface area (Å²) in [6.45, 7) is 0.971. The lowest BCUT2D eigenvalue weighted by molar-refractivity contribution is 0.104. The predicted octanol–water partition coefficient (Wildman–Crippen LogP) is 2.00. The molecule has 1 aliphatic heterocycles. The number of amides is 3. The van der Waals surface area contributed by atoms with Crippen molar-refractivity contribution in [3.05, 3.63) is 18.5 Å². The number of rotatable bonds is 4. The summed E-state index contributed by atoms with van der Waals surface area (Å²) in [5, 5.41) is 14.6. The van der Waals surface area contributed by atoms with Crippen LogP contribution in [-0.2, 0) is 0 Å². The van der Waals surface area contributed by atoms with Gasteiger partial charge in [-0.15, -0.1) is 0 Å². The van der Waals surface area contributed by atoms with Crippen molar-refractivity contribution in [3.63, 3.8) is 0 Å². The fourth-order valence-corrected chi connectivity index (χ4v) is 2.96. The molecule has 0 aliphatic carbocycles. The van der Waals surface area contributed by atoms with Gasteiger partial charge in [0, 0.05) is 25.3 Å². The van der Waals surface area contributed by atoms with Gasteiger partial charge in [0.1, 0.15) is 5.52 Å². The standard InChI is InChI=1S/C15H20N6O3/c22-14(20-12-9-18-13-11(19-12)5-7-16-13)17-6-4-10-3-1-2-8-21(10)15(23)24/h5,7,9-10H,1-4,6,8H2,(H,16,18)(H,23,24)(H2,17,19,20,22). The maximum Gasteiger partial charge on any atom is 0.407 e. The fraction of sp³-hybridized carbons (Fsp3) is 0.467. The Balaban J connectivity index is 1.47. The smallest absolute Gasteiger partial charge is 0.407 e. The molecule has 1 unspecified atom stereocenters. The molecule has 1 fully saturated rings. The second-order valence-corrected chi connectivity index (χ2v) is 5.76. The van der Waals surface area contributed by atoms with Crippen LogP contribution >= 0.6 is 0 Å². The zero-order chi connectivity index (χ0) is 16.9. The van der Waals surface area contributed by atoms with Crippen molar-refractivity contribution < 1.29 is 14.7 Å². The van der Waals surface area contributed by atoms with Crippen LogP contribution in [0.2, 0.25) is 0 Å². The summed E-state index contributed by atoms with van der Waals surface area (Å²) >= 11 is 0. The average Bonchev–Trinajstić information content (AvgIpc) is 3.03.